The minimum absolute atomic E-state index is 0.0356. The van der Waals surface area contributed by atoms with E-state index in [1.807, 2.05) is 0 Å². The SMILES string of the molecule is COc1ccc2cnn(C)c2c1N(C)S(=O)(=O)c1ccc(-n2ccc(C(F)(F)F)n2)nc1. The lowest BCUT2D eigenvalue weighted by Crippen LogP contribution is -2.27. The van der Waals surface area contributed by atoms with Gasteiger partial charge in [0.05, 0.1) is 18.8 Å². The second kappa shape index (κ2) is 7.51. The van der Waals surface area contributed by atoms with Crippen LogP contribution in [0.5, 0.6) is 5.75 Å². The highest BCUT2D eigenvalue weighted by molar-refractivity contribution is 7.92. The van der Waals surface area contributed by atoms with Crippen LogP contribution in [0.3, 0.4) is 0 Å². The zero-order chi connectivity index (χ0) is 23.3. The third kappa shape index (κ3) is 3.53. The van der Waals surface area contributed by atoms with Gasteiger partial charge in [-0.15, -0.1) is 0 Å². The highest BCUT2D eigenvalue weighted by atomic mass is 32.2. The van der Waals surface area contributed by atoms with Crippen LogP contribution in [0.4, 0.5) is 18.9 Å². The molecular weight excluding hydrogens is 449 g/mol. The van der Waals surface area contributed by atoms with E-state index in [4.69, 9.17) is 4.74 Å². The molecule has 3 aromatic heterocycles. The Morgan fingerprint density at radius 1 is 1.09 bits per heavy atom. The minimum atomic E-state index is -4.59. The molecule has 32 heavy (non-hydrogen) atoms. The second-order valence-corrected chi connectivity index (χ2v) is 8.76. The van der Waals surface area contributed by atoms with Crippen molar-refractivity contribution in [2.24, 2.45) is 7.05 Å². The third-order valence-electron chi connectivity index (χ3n) is 4.87. The van der Waals surface area contributed by atoms with E-state index in [1.54, 1.807) is 25.4 Å². The van der Waals surface area contributed by atoms with E-state index < -0.39 is 21.9 Å². The molecule has 0 bridgehead atoms. The number of nitrogens with zero attached hydrogens (tertiary/aromatic N) is 6. The van der Waals surface area contributed by atoms with Gasteiger partial charge in [-0.05, 0) is 30.3 Å². The van der Waals surface area contributed by atoms with Gasteiger partial charge in [-0.3, -0.25) is 8.99 Å². The van der Waals surface area contributed by atoms with E-state index in [-0.39, 0.29) is 16.4 Å². The van der Waals surface area contributed by atoms with Gasteiger partial charge in [0.1, 0.15) is 16.3 Å². The molecule has 4 aromatic rings. The van der Waals surface area contributed by atoms with Crippen LogP contribution in [0.15, 0.2) is 53.8 Å². The molecular formula is C19H17F3N6O3S. The fourth-order valence-corrected chi connectivity index (χ4v) is 4.40. The number of aromatic nitrogens is 5. The number of hydrogen-bond donors (Lipinski definition) is 0. The predicted octanol–water partition coefficient (Wildman–Crippen LogP) is 3.01. The molecule has 4 rings (SSSR count). The summed E-state index contributed by atoms with van der Waals surface area (Å²) < 4.78 is 73.8. The fraction of sp³-hybridized carbons (Fsp3) is 0.211. The van der Waals surface area contributed by atoms with Crippen LogP contribution in [-0.4, -0.2) is 47.1 Å². The molecule has 9 nitrogen and oxygen atoms in total. The van der Waals surface area contributed by atoms with Crippen LogP contribution in [0.1, 0.15) is 5.69 Å². The van der Waals surface area contributed by atoms with Gasteiger partial charge in [-0.1, -0.05) is 0 Å². The molecule has 0 spiro atoms. The maximum atomic E-state index is 13.3. The first-order valence-electron chi connectivity index (χ1n) is 9.11. The zero-order valence-electron chi connectivity index (χ0n) is 17.1. The topological polar surface area (TPSA) is 95.1 Å². The van der Waals surface area contributed by atoms with E-state index >= 15 is 0 Å². The first-order chi connectivity index (χ1) is 15.0. The summed E-state index contributed by atoms with van der Waals surface area (Å²) in [5.74, 6) is 0.362. The van der Waals surface area contributed by atoms with Crippen LogP contribution in [0.25, 0.3) is 16.7 Å². The van der Waals surface area contributed by atoms with E-state index in [9.17, 15) is 21.6 Å². The summed E-state index contributed by atoms with van der Waals surface area (Å²) in [5, 5.41) is 8.32. The molecule has 0 unspecified atom stereocenters. The standard InChI is InChI=1S/C19H17F3N6O3S/c1-26-17-12(10-24-26)4-6-14(31-3)18(17)27(2)32(29,30)13-5-7-16(23-11-13)28-9-8-15(25-28)19(20,21)22/h4-11H,1-3H3. The summed E-state index contributed by atoms with van der Waals surface area (Å²) in [6.45, 7) is 0. The van der Waals surface area contributed by atoms with Crippen molar-refractivity contribution in [2.75, 3.05) is 18.5 Å². The number of fused-ring (bicyclic) bond motifs is 1. The number of ether oxygens (including phenoxy) is 1. The van der Waals surface area contributed by atoms with Crippen molar-refractivity contribution in [1.29, 1.82) is 0 Å². The van der Waals surface area contributed by atoms with Crippen LogP contribution >= 0.6 is 0 Å². The molecule has 0 aliphatic rings. The number of aryl methyl sites for hydroxylation is 1. The molecule has 0 saturated carbocycles. The van der Waals surface area contributed by atoms with Crippen molar-refractivity contribution in [3.05, 3.63) is 54.6 Å². The second-order valence-electron chi connectivity index (χ2n) is 6.79. The quantitative estimate of drug-likeness (QED) is 0.449. The van der Waals surface area contributed by atoms with Gasteiger partial charge in [-0.2, -0.15) is 23.4 Å². The Balaban J connectivity index is 1.72. The number of benzene rings is 1. The minimum Gasteiger partial charge on any atom is -0.494 e. The Morgan fingerprint density at radius 2 is 1.84 bits per heavy atom. The number of alkyl halides is 3. The first-order valence-corrected chi connectivity index (χ1v) is 10.5. The van der Waals surface area contributed by atoms with Crippen LogP contribution in [0, 0.1) is 0 Å². The molecule has 0 saturated heterocycles. The van der Waals surface area contributed by atoms with E-state index in [0.29, 0.717) is 11.3 Å². The average molecular weight is 466 g/mol. The van der Waals surface area contributed by atoms with Crippen molar-refractivity contribution < 1.29 is 26.3 Å². The summed E-state index contributed by atoms with van der Waals surface area (Å²) in [7, 11) is 0.394. The van der Waals surface area contributed by atoms with Gasteiger partial charge in [0.2, 0.25) is 0 Å². The Morgan fingerprint density at radius 3 is 2.44 bits per heavy atom. The maximum Gasteiger partial charge on any atom is 0.435 e. The lowest BCUT2D eigenvalue weighted by Gasteiger charge is -2.23. The Kier molecular flexibility index (Phi) is 5.07. The van der Waals surface area contributed by atoms with Gasteiger partial charge in [0.25, 0.3) is 10.0 Å². The third-order valence-corrected chi connectivity index (χ3v) is 6.61. The number of halogens is 3. The summed E-state index contributed by atoms with van der Waals surface area (Å²) in [6, 6.07) is 6.74. The number of pyridine rings is 1. The highest BCUT2D eigenvalue weighted by Crippen LogP contribution is 2.38. The fourth-order valence-electron chi connectivity index (χ4n) is 3.24. The Labute approximate surface area is 180 Å². The molecule has 0 atom stereocenters. The first kappa shape index (κ1) is 21.6. The van der Waals surface area contributed by atoms with Crippen molar-refractivity contribution in [3.63, 3.8) is 0 Å². The number of anilines is 1. The van der Waals surface area contributed by atoms with Crippen molar-refractivity contribution in [1.82, 2.24) is 24.5 Å². The van der Waals surface area contributed by atoms with Crippen LogP contribution in [0.2, 0.25) is 0 Å². The van der Waals surface area contributed by atoms with Gasteiger partial charge in [-0.25, -0.2) is 18.1 Å². The Bertz CT molecular complexity index is 1390. The van der Waals surface area contributed by atoms with Gasteiger partial charge in [0.15, 0.2) is 11.5 Å². The smallest absolute Gasteiger partial charge is 0.435 e. The van der Waals surface area contributed by atoms with E-state index in [2.05, 4.69) is 15.2 Å². The summed E-state index contributed by atoms with van der Waals surface area (Å²) in [6.07, 6.45) is -0.830. The van der Waals surface area contributed by atoms with E-state index in [0.717, 1.165) is 32.8 Å². The highest BCUT2D eigenvalue weighted by Gasteiger charge is 2.34. The number of methoxy groups -OCH3 is 1. The van der Waals surface area contributed by atoms with Gasteiger partial charge < -0.3 is 4.74 Å². The number of rotatable bonds is 5. The predicted molar refractivity (Wildman–Crippen MR) is 109 cm³/mol. The zero-order valence-corrected chi connectivity index (χ0v) is 17.9. The molecule has 3 heterocycles. The number of hydrogen-bond acceptors (Lipinski definition) is 6. The maximum absolute atomic E-state index is 13.3. The molecule has 1 aromatic carbocycles. The molecule has 13 heteroatoms. The van der Waals surface area contributed by atoms with Crippen molar-refractivity contribution in [2.45, 2.75) is 11.1 Å². The summed E-state index contributed by atoms with van der Waals surface area (Å²) in [4.78, 5) is 3.82. The van der Waals surface area contributed by atoms with Gasteiger partial charge in [0, 0.05) is 31.9 Å². The van der Waals surface area contributed by atoms with E-state index in [1.165, 1.54) is 31.0 Å². The lowest BCUT2D eigenvalue weighted by molar-refractivity contribution is -0.141. The molecule has 0 aliphatic carbocycles. The lowest BCUT2D eigenvalue weighted by atomic mass is 10.2. The molecule has 0 N–H and O–H groups in total. The molecule has 0 fully saturated rings. The number of sulfonamides is 1. The largest absolute Gasteiger partial charge is 0.494 e. The van der Waals surface area contributed by atoms with Gasteiger partial charge >= 0.3 is 6.18 Å². The van der Waals surface area contributed by atoms with Crippen LogP contribution in [-0.2, 0) is 23.2 Å². The molecule has 0 amide bonds. The summed E-state index contributed by atoms with van der Waals surface area (Å²) >= 11 is 0. The molecule has 168 valence electrons. The van der Waals surface area contributed by atoms with Crippen LogP contribution < -0.4 is 9.04 Å². The molecule has 0 radical (unpaired) electrons. The normalized spacial score (nSPS) is 12.3. The van der Waals surface area contributed by atoms with Crippen molar-refractivity contribution >= 4 is 26.6 Å². The Hall–Kier alpha value is -3.61. The molecule has 0 aliphatic heterocycles. The monoisotopic (exact) mass is 466 g/mol. The average Bonchev–Trinajstić information content (AvgIpc) is 3.40. The summed E-state index contributed by atoms with van der Waals surface area (Å²) in [5.41, 5.74) is -0.237. The van der Waals surface area contributed by atoms with Crippen molar-refractivity contribution in [3.8, 4) is 11.6 Å².